The third kappa shape index (κ3) is 3.08. The van der Waals surface area contributed by atoms with Crippen molar-refractivity contribution in [1.29, 1.82) is 0 Å². The number of nitrogens with zero attached hydrogens (tertiary/aromatic N) is 1. The monoisotopic (exact) mass is 263 g/mol. The van der Waals surface area contributed by atoms with Crippen LogP contribution in [0.2, 0.25) is 0 Å². The Bertz CT molecular complexity index is 496. The average Bonchev–Trinajstić information content (AvgIpc) is 2.39. The molecule has 0 spiro atoms. The number of nitro benzene ring substituents is 1. The molecule has 2 rings (SSSR count). The molecule has 1 heterocycles. The van der Waals surface area contributed by atoms with E-state index in [9.17, 15) is 14.9 Å². The van der Waals surface area contributed by atoms with Crippen molar-refractivity contribution in [1.82, 2.24) is 10.6 Å². The second-order valence-corrected chi connectivity index (χ2v) is 4.70. The van der Waals surface area contributed by atoms with Crippen LogP contribution in [0.4, 0.5) is 5.69 Å². The number of nitro groups is 1. The number of benzene rings is 1. The smallest absolute Gasteiger partial charge is 0.273 e. The number of carbonyl (C=O) groups excluding carboxylic acids is 1. The summed E-state index contributed by atoms with van der Waals surface area (Å²) in [5, 5.41) is 17.0. The van der Waals surface area contributed by atoms with E-state index in [4.69, 9.17) is 0 Å². The summed E-state index contributed by atoms with van der Waals surface area (Å²) in [4.78, 5) is 22.5. The van der Waals surface area contributed by atoms with Gasteiger partial charge in [0.2, 0.25) is 0 Å². The number of piperidine rings is 1. The van der Waals surface area contributed by atoms with E-state index in [-0.39, 0.29) is 17.6 Å². The second-order valence-electron chi connectivity index (χ2n) is 4.70. The lowest BCUT2D eigenvalue weighted by Crippen LogP contribution is -2.42. The highest BCUT2D eigenvalue weighted by Gasteiger charge is 2.21. The summed E-state index contributed by atoms with van der Waals surface area (Å²) in [7, 11) is 0. The van der Waals surface area contributed by atoms with Crippen LogP contribution in [0, 0.1) is 17.0 Å². The Morgan fingerprint density at radius 2 is 2.11 bits per heavy atom. The van der Waals surface area contributed by atoms with Gasteiger partial charge in [0.1, 0.15) is 0 Å². The van der Waals surface area contributed by atoms with Gasteiger partial charge in [-0.1, -0.05) is 6.07 Å². The SMILES string of the molecule is Cc1c(C(=O)NC2CCNCC2)cccc1[N+](=O)[O-]. The Balaban J connectivity index is 2.14. The second kappa shape index (κ2) is 5.79. The van der Waals surface area contributed by atoms with Gasteiger partial charge in [-0.15, -0.1) is 0 Å². The molecule has 1 amide bonds. The predicted molar refractivity (Wildman–Crippen MR) is 71.2 cm³/mol. The first-order chi connectivity index (χ1) is 9.09. The van der Waals surface area contributed by atoms with Gasteiger partial charge in [-0.3, -0.25) is 14.9 Å². The maximum atomic E-state index is 12.2. The minimum atomic E-state index is -0.462. The van der Waals surface area contributed by atoms with Crippen molar-refractivity contribution in [2.24, 2.45) is 0 Å². The zero-order chi connectivity index (χ0) is 13.8. The van der Waals surface area contributed by atoms with Crippen molar-refractivity contribution in [3.63, 3.8) is 0 Å². The topological polar surface area (TPSA) is 84.3 Å². The zero-order valence-electron chi connectivity index (χ0n) is 10.8. The predicted octanol–water partition coefficient (Wildman–Crippen LogP) is 1.39. The summed E-state index contributed by atoms with van der Waals surface area (Å²) in [6.07, 6.45) is 1.78. The summed E-state index contributed by atoms with van der Waals surface area (Å²) in [6, 6.07) is 4.73. The fraction of sp³-hybridized carbons (Fsp3) is 0.462. The Labute approximate surface area is 111 Å². The molecular weight excluding hydrogens is 246 g/mol. The first-order valence-electron chi connectivity index (χ1n) is 6.35. The van der Waals surface area contributed by atoms with Crippen LogP contribution in [0.3, 0.4) is 0 Å². The number of rotatable bonds is 3. The molecule has 19 heavy (non-hydrogen) atoms. The molecule has 2 N–H and O–H groups in total. The molecule has 0 radical (unpaired) electrons. The molecule has 0 atom stereocenters. The van der Waals surface area contributed by atoms with Crippen LogP contribution in [0.25, 0.3) is 0 Å². The minimum absolute atomic E-state index is 0.0158. The van der Waals surface area contributed by atoms with Crippen LogP contribution in [0.5, 0.6) is 0 Å². The molecule has 0 saturated carbocycles. The molecule has 1 fully saturated rings. The van der Waals surface area contributed by atoms with Crippen LogP contribution in [-0.4, -0.2) is 30.0 Å². The summed E-state index contributed by atoms with van der Waals surface area (Å²) in [5.74, 6) is -0.229. The molecule has 6 nitrogen and oxygen atoms in total. The van der Waals surface area contributed by atoms with Gasteiger partial charge in [-0.05, 0) is 38.9 Å². The summed E-state index contributed by atoms with van der Waals surface area (Å²) >= 11 is 0. The van der Waals surface area contributed by atoms with Gasteiger partial charge in [0, 0.05) is 23.2 Å². The molecule has 0 unspecified atom stereocenters. The maximum absolute atomic E-state index is 12.2. The Hall–Kier alpha value is -1.95. The number of hydrogen-bond acceptors (Lipinski definition) is 4. The van der Waals surface area contributed by atoms with Crippen molar-refractivity contribution in [3.05, 3.63) is 39.4 Å². The molecule has 1 aromatic carbocycles. The van der Waals surface area contributed by atoms with Gasteiger partial charge >= 0.3 is 0 Å². The Kier molecular flexibility index (Phi) is 4.11. The third-order valence-electron chi connectivity index (χ3n) is 3.42. The molecule has 1 aliphatic heterocycles. The number of hydrogen-bond donors (Lipinski definition) is 2. The molecule has 102 valence electrons. The van der Waals surface area contributed by atoms with Gasteiger partial charge in [0.25, 0.3) is 11.6 Å². The van der Waals surface area contributed by atoms with Crippen LogP contribution >= 0.6 is 0 Å². The van der Waals surface area contributed by atoms with Crippen LogP contribution in [-0.2, 0) is 0 Å². The van der Waals surface area contributed by atoms with E-state index < -0.39 is 4.92 Å². The summed E-state index contributed by atoms with van der Waals surface area (Å²) in [5.41, 5.74) is 0.782. The van der Waals surface area contributed by atoms with E-state index in [1.54, 1.807) is 19.1 Å². The van der Waals surface area contributed by atoms with Crippen LogP contribution < -0.4 is 10.6 Å². The highest BCUT2D eigenvalue weighted by Crippen LogP contribution is 2.21. The van der Waals surface area contributed by atoms with Gasteiger partial charge < -0.3 is 10.6 Å². The minimum Gasteiger partial charge on any atom is -0.349 e. The van der Waals surface area contributed by atoms with Gasteiger partial charge in [0.15, 0.2) is 0 Å². The Morgan fingerprint density at radius 3 is 2.74 bits per heavy atom. The normalized spacial score (nSPS) is 16.1. The zero-order valence-corrected chi connectivity index (χ0v) is 10.8. The molecule has 1 aliphatic rings. The van der Waals surface area contributed by atoms with Gasteiger partial charge in [0.05, 0.1) is 4.92 Å². The van der Waals surface area contributed by atoms with Crippen LogP contribution in [0.15, 0.2) is 18.2 Å². The lowest BCUT2D eigenvalue weighted by atomic mass is 10.0. The van der Waals surface area contributed by atoms with E-state index in [1.807, 2.05) is 0 Å². The standard InChI is InChI=1S/C13H17N3O3/c1-9-11(3-2-4-12(9)16(18)19)13(17)15-10-5-7-14-8-6-10/h2-4,10,14H,5-8H2,1H3,(H,15,17). The van der Waals surface area contributed by atoms with E-state index in [0.29, 0.717) is 11.1 Å². The first-order valence-corrected chi connectivity index (χ1v) is 6.35. The third-order valence-corrected chi connectivity index (χ3v) is 3.42. The number of amides is 1. The molecule has 1 saturated heterocycles. The number of carbonyl (C=O) groups is 1. The van der Waals surface area contributed by atoms with Crippen molar-refractivity contribution >= 4 is 11.6 Å². The summed E-state index contributed by atoms with van der Waals surface area (Å²) in [6.45, 7) is 3.38. The molecule has 0 bridgehead atoms. The molecule has 1 aromatic rings. The average molecular weight is 263 g/mol. The lowest BCUT2D eigenvalue weighted by molar-refractivity contribution is -0.385. The fourth-order valence-corrected chi connectivity index (χ4v) is 2.30. The highest BCUT2D eigenvalue weighted by molar-refractivity contribution is 5.96. The van der Waals surface area contributed by atoms with E-state index in [2.05, 4.69) is 10.6 Å². The van der Waals surface area contributed by atoms with Crippen molar-refractivity contribution in [2.45, 2.75) is 25.8 Å². The first kappa shape index (κ1) is 13.5. The Morgan fingerprint density at radius 1 is 1.42 bits per heavy atom. The van der Waals surface area contributed by atoms with Crippen LogP contribution in [0.1, 0.15) is 28.8 Å². The van der Waals surface area contributed by atoms with Crippen molar-refractivity contribution in [2.75, 3.05) is 13.1 Å². The number of nitrogens with one attached hydrogen (secondary N) is 2. The van der Waals surface area contributed by atoms with Gasteiger partial charge in [-0.2, -0.15) is 0 Å². The molecule has 0 aromatic heterocycles. The highest BCUT2D eigenvalue weighted by atomic mass is 16.6. The fourth-order valence-electron chi connectivity index (χ4n) is 2.30. The van der Waals surface area contributed by atoms with E-state index in [1.165, 1.54) is 6.07 Å². The molecule has 0 aliphatic carbocycles. The van der Waals surface area contributed by atoms with Crippen molar-refractivity contribution in [3.8, 4) is 0 Å². The largest absolute Gasteiger partial charge is 0.349 e. The molecule has 6 heteroatoms. The molecular formula is C13H17N3O3. The van der Waals surface area contributed by atoms with Crippen molar-refractivity contribution < 1.29 is 9.72 Å². The quantitative estimate of drug-likeness (QED) is 0.637. The maximum Gasteiger partial charge on any atom is 0.273 e. The lowest BCUT2D eigenvalue weighted by Gasteiger charge is -2.23. The van der Waals surface area contributed by atoms with Gasteiger partial charge in [-0.25, -0.2) is 0 Å². The van der Waals surface area contributed by atoms with E-state index in [0.717, 1.165) is 25.9 Å². The van der Waals surface area contributed by atoms with E-state index >= 15 is 0 Å². The summed E-state index contributed by atoms with van der Waals surface area (Å²) < 4.78 is 0.